The van der Waals surface area contributed by atoms with Crippen LogP contribution in [0.2, 0.25) is 0 Å². The summed E-state index contributed by atoms with van der Waals surface area (Å²) in [6.07, 6.45) is 2.69. The fourth-order valence-electron chi connectivity index (χ4n) is 1.54. The largest absolute Gasteiger partial charge is 0.383 e. The van der Waals surface area contributed by atoms with Crippen molar-refractivity contribution in [1.82, 2.24) is 0 Å². The van der Waals surface area contributed by atoms with E-state index in [0.717, 1.165) is 29.7 Å². The predicted molar refractivity (Wildman–Crippen MR) is 73.0 cm³/mol. The molecule has 3 heteroatoms. The molecule has 0 aliphatic rings. The minimum absolute atomic E-state index is 0.370. The summed E-state index contributed by atoms with van der Waals surface area (Å²) < 4.78 is 6.76. The maximum atomic E-state index is 5.66. The zero-order chi connectivity index (χ0) is 11.8. The molecule has 16 heavy (non-hydrogen) atoms. The number of rotatable bonds is 7. The smallest absolute Gasteiger partial charge is 0.0642 e. The van der Waals surface area contributed by atoms with E-state index in [2.05, 4.69) is 47.2 Å². The molecule has 1 rings (SSSR count). The predicted octanol–water partition coefficient (Wildman–Crippen LogP) is 4.07. The molecule has 0 bridgehead atoms. The monoisotopic (exact) mass is 285 g/mol. The lowest BCUT2D eigenvalue weighted by Gasteiger charge is -2.12. The molecule has 0 aromatic heterocycles. The maximum Gasteiger partial charge on any atom is 0.0642 e. The summed E-state index contributed by atoms with van der Waals surface area (Å²) in [4.78, 5) is 0. The normalized spacial score (nSPS) is 12.4. The molecule has 1 atom stereocenters. The maximum absolute atomic E-state index is 5.66. The van der Waals surface area contributed by atoms with Gasteiger partial charge in [-0.3, -0.25) is 0 Å². The Balaban J connectivity index is 2.16. The molecule has 0 radical (unpaired) electrons. The molecule has 2 nitrogen and oxygen atoms in total. The van der Waals surface area contributed by atoms with Crippen molar-refractivity contribution in [1.29, 1.82) is 0 Å². The van der Waals surface area contributed by atoms with Gasteiger partial charge in [0.2, 0.25) is 0 Å². The van der Waals surface area contributed by atoms with Crippen molar-refractivity contribution >= 4 is 21.6 Å². The third-order valence-electron chi connectivity index (χ3n) is 2.35. The number of anilines is 1. The molecule has 0 aliphatic heterocycles. The lowest BCUT2D eigenvalue weighted by molar-refractivity contribution is 0.0673. The quantitative estimate of drug-likeness (QED) is 0.763. The van der Waals surface area contributed by atoms with Gasteiger partial charge in [0.15, 0.2) is 0 Å². The highest BCUT2D eigenvalue weighted by molar-refractivity contribution is 9.10. The van der Waals surface area contributed by atoms with Gasteiger partial charge in [0.25, 0.3) is 0 Å². The van der Waals surface area contributed by atoms with Gasteiger partial charge in [0.05, 0.1) is 12.7 Å². The molecule has 0 heterocycles. The first-order chi connectivity index (χ1) is 7.72. The standard InChI is InChI=1S/C13H20BrNO/c1-3-5-11(2)16-9-8-15-13-7-4-6-12(14)10-13/h4,6-7,10-11,15H,3,5,8-9H2,1-2H3. The Hall–Kier alpha value is -0.540. The summed E-state index contributed by atoms with van der Waals surface area (Å²) in [5.74, 6) is 0. The molecular weight excluding hydrogens is 266 g/mol. The lowest BCUT2D eigenvalue weighted by atomic mass is 10.2. The van der Waals surface area contributed by atoms with Gasteiger partial charge < -0.3 is 10.1 Å². The van der Waals surface area contributed by atoms with E-state index in [4.69, 9.17) is 4.74 Å². The van der Waals surface area contributed by atoms with Gasteiger partial charge in [-0.2, -0.15) is 0 Å². The van der Waals surface area contributed by atoms with Crippen LogP contribution in [0.1, 0.15) is 26.7 Å². The van der Waals surface area contributed by atoms with E-state index in [-0.39, 0.29) is 0 Å². The van der Waals surface area contributed by atoms with Crippen LogP contribution in [-0.4, -0.2) is 19.3 Å². The SMILES string of the molecule is CCCC(C)OCCNc1cccc(Br)c1. The molecule has 0 saturated carbocycles. The van der Waals surface area contributed by atoms with Crippen molar-refractivity contribution < 1.29 is 4.74 Å². The van der Waals surface area contributed by atoms with Gasteiger partial charge in [-0.05, 0) is 31.5 Å². The number of halogens is 1. The number of benzene rings is 1. The number of hydrogen-bond donors (Lipinski definition) is 1. The third kappa shape index (κ3) is 5.52. The highest BCUT2D eigenvalue weighted by atomic mass is 79.9. The summed E-state index contributed by atoms with van der Waals surface area (Å²) in [5, 5.41) is 3.33. The van der Waals surface area contributed by atoms with Crippen LogP contribution in [0.15, 0.2) is 28.7 Å². The van der Waals surface area contributed by atoms with Crippen LogP contribution < -0.4 is 5.32 Å². The van der Waals surface area contributed by atoms with Crippen LogP contribution in [0.5, 0.6) is 0 Å². The lowest BCUT2D eigenvalue weighted by Crippen LogP contribution is -2.15. The van der Waals surface area contributed by atoms with E-state index in [1.165, 1.54) is 6.42 Å². The summed E-state index contributed by atoms with van der Waals surface area (Å²) in [7, 11) is 0. The van der Waals surface area contributed by atoms with Crippen LogP contribution >= 0.6 is 15.9 Å². The molecule has 1 N–H and O–H groups in total. The fourth-order valence-corrected chi connectivity index (χ4v) is 1.94. The van der Waals surface area contributed by atoms with Gasteiger partial charge >= 0.3 is 0 Å². The molecule has 0 aliphatic carbocycles. The first kappa shape index (κ1) is 13.5. The summed E-state index contributed by atoms with van der Waals surface area (Å²) in [5.41, 5.74) is 1.13. The molecule has 0 fully saturated rings. The Morgan fingerprint density at radius 1 is 1.44 bits per heavy atom. The Bertz CT molecular complexity index is 304. The van der Waals surface area contributed by atoms with Crippen molar-refractivity contribution in [2.75, 3.05) is 18.5 Å². The molecular formula is C13H20BrNO. The van der Waals surface area contributed by atoms with E-state index in [9.17, 15) is 0 Å². The van der Waals surface area contributed by atoms with E-state index >= 15 is 0 Å². The summed E-state index contributed by atoms with van der Waals surface area (Å²) in [6, 6.07) is 8.16. The molecule has 1 unspecified atom stereocenters. The first-order valence-corrected chi connectivity index (χ1v) is 6.62. The average molecular weight is 286 g/mol. The van der Waals surface area contributed by atoms with Gasteiger partial charge in [-0.1, -0.05) is 35.3 Å². The number of nitrogens with one attached hydrogen (secondary N) is 1. The van der Waals surface area contributed by atoms with Crippen LogP contribution in [0.4, 0.5) is 5.69 Å². The molecule has 1 aromatic rings. The highest BCUT2D eigenvalue weighted by Gasteiger charge is 1.99. The average Bonchev–Trinajstić information content (AvgIpc) is 2.25. The topological polar surface area (TPSA) is 21.3 Å². The zero-order valence-corrected chi connectivity index (χ0v) is 11.6. The van der Waals surface area contributed by atoms with Crippen LogP contribution in [0.25, 0.3) is 0 Å². The minimum atomic E-state index is 0.370. The van der Waals surface area contributed by atoms with E-state index < -0.39 is 0 Å². The minimum Gasteiger partial charge on any atom is -0.383 e. The number of hydrogen-bond acceptors (Lipinski definition) is 2. The van der Waals surface area contributed by atoms with E-state index in [0.29, 0.717) is 6.10 Å². The van der Waals surface area contributed by atoms with E-state index in [1.54, 1.807) is 0 Å². The fraction of sp³-hybridized carbons (Fsp3) is 0.538. The molecule has 0 saturated heterocycles. The second kappa shape index (κ2) is 7.69. The molecule has 0 spiro atoms. The highest BCUT2D eigenvalue weighted by Crippen LogP contribution is 2.15. The second-order valence-electron chi connectivity index (χ2n) is 3.91. The Kier molecular flexibility index (Phi) is 6.50. The Morgan fingerprint density at radius 2 is 2.25 bits per heavy atom. The molecule has 1 aromatic carbocycles. The van der Waals surface area contributed by atoms with Gasteiger partial charge in [-0.15, -0.1) is 0 Å². The second-order valence-corrected chi connectivity index (χ2v) is 4.82. The van der Waals surface area contributed by atoms with Crippen LogP contribution in [0, 0.1) is 0 Å². The first-order valence-electron chi connectivity index (χ1n) is 5.83. The molecule has 90 valence electrons. The van der Waals surface area contributed by atoms with Crippen molar-refractivity contribution in [3.05, 3.63) is 28.7 Å². The van der Waals surface area contributed by atoms with E-state index in [1.807, 2.05) is 12.1 Å². The summed E-state index contributed by atoms with van der Waals surface area (Å²) in [6.45, 7) is 5.92. The van der Waals surface area contributed by atoms with Crippen molar-refractivity contribution in [2.45, 2.75) is 32.8 Å². The van der Waals surface area contributed by atoms with Gasteiger partial charge in [0, 0.05) is 16.7 Å². The van der Waals surface area contributed by atoms with Gasteiger partial charge in [-0.25, -0.2) is 0 Å². The molecule has 0 amide bonds. The third-order valence-corrected chi connectivity index (χ3v) is 2.85. The van der Waals surface area contributed by atoms with Gasteiger partial charge in [0.1, 0.15) is 0 Å². The van der Waals surface area contributed by atoms with Crippen LogP contribution in [0.3, 0.4) is 0 Å². The van der Waals surface area contributed by atoms with Crippen molar-refractivity contribution in [3.8, 4) is 0 Å². The van der Waals surface area contributed by atoms with Crippen molar-refractivity contribution in [2.24, 2.45) is 0 Å². The van der Waals surface area contributed by atoms with Crippen LogP contribution in [-0.2, 0) is 4.74 Å². The zero-order valence-electron chi connectivity index (χ0n) is 10.0. The summed E-state index contributed by atoms with van der Waals surface area (Å²) >= 11 is 3.44. The van der Waals surface area contributed by atoms with Crippen molar-refractivity contribution in [3.63, 3.8) is 0 Å². The number of ether oxygens (including phenoxy) is 1. The Labute approximate surface area is 107 Å². The Morgan fingerprint density at radius 3 is 2.94 bits per heavy atom.